The van der Waals surface area contributed by atoms with Crippen LogP contribution in [0.3, 0.4) is 0 Å². The monoisotopic (exact) mass is 425 g/mol. The first-order valence-corrected chi connectivity index (χ1v) is 11.0. The van der Waals surface area contributed by atoms with Crippen LogP contribution in [-0.4, -0.2) is 32.3 Å². The molecule has 1 heterocycles. The number of aliphatic hydroxyl groups is 1. The van der Waals surface area contributed by atoms with Crippen molar-refractivity contribution in [3.05, 3.63) is 77.3 Å². The van der Waals surface area contributed by atoms with Gasteiger partial charge in [0.05, 0.1) is 38.6 Å². The predicted octanol–water partition coefficient (Wildman–Crippen LogP) is 6.09. The van der Waals surface area contributed by atoms with Crippen molar-refractivity contribution in [1.82, 2.24) is 4.48 Å². The fourth-order valence-corrected chi connectivity index (χ4v) is 5.04. The molecule has 0 atom stereocenters. The molecule has 0 aliphatic carbocycles. The van der Waals surface area contributed by atoms with Crippen molar-refractivity contribution in [3.63, 3.8) is 0 Å². The van der Waals surface area contributed by atoms with Crippen LogP contribution in [-0.2, 0) is 6.61 Å². The maximum Gasteiger partial charge on any atom is 0.132 e. The van der Waals surface area contributed by atoms with Crippen molar-refractivity contribution in [3.8, 4) is 0 Å². The van der Waals surface area contributed by atoms with E-state index in [1.54, 1.807) is 0 Å². The van der Waals surface area contributed by atoms with Gasteiger partial charge in [-0.05, 0) is 48.0 Å². The lowest BCUT2D eigenvalue weighted by atomic mass is 10.1. The van der Waals surface area contributed by atoms with Gasteiger partial charge in [0.25, 0.3) is 0 Å². The molecular weight excluding hydrogens is 400 g/mol. The van der Waals surface area contributed by atoms with Crippen LogP contribution in [0.15, 0.2) is 76.5 Å². The van der Waals surface area contributed by atoms with E-state index in [9.17, 15) is 5.11 Å². The Morgan fingerprint density at radius 1 is 0.931 bits per heavy atom. The van der Waals surface area contributed by atoms with E-state index in [2.05, 4.69) is 67.5 Å². The summed E-state index contributed by atoms with van der Waals surface area (Å²) >= 11 is 8.13. The van der Waals surface area contributed by atoms with Crippen molar-refractivity contribution in [2.45, 2.75) is 22.8 Å². The highest BCUT2D eigenvalue weighted by atomic mass is 35.5. The van der Waals surface area contributed by atoms with Crippen LogP contribution >= 0.6 is 23.4 Å². The van der Waals surface area contributed by atoms with Gasteiger partial charge in [-0.2, -0.15) is 0 Å². The molecule has 0 spiro atoms. The van der Waals surface area contributed by atoms with Gasteiger partial charge in [-0.3, -0.25) is 4.48 Å². The average Bonchev–Trinajstić information content (AvgIpc) is 2.73. The molecule has 150 valence electrons. The number of quaternary nitrogens is 1. The summed E-state index contributed by atoms with van der Waals surface area (Å²) in [5, 5.41) is 10.0. The van der Waals surface area contributed by atoms with Crippen molar-refractivity contribution in [2.24, 2.45) is 0 Å². The number of para-hydroxylation sites is 1. The topological polar surface area (TPSA) is 23.5 Å². The third kappa shape index (κ3) is 4.31. The molecule has 4 rings (SSSR count). The van der Waals surface area contributed by atoms with Gasteiger partial charge >= 0.3 is 0 Å². The van der Waals surface area contributed by atoms with E-state index >= 15 is 0 Å². The standard InChI is InChI=1S/C24H26ClN2OS/c1-27(2,20-11-8-18(17-28)9-12-20)15-5-14-26-21-6-3-4-7-23(21)29-24-13-10-19(25)16-22(24)26/h3-4,6-13,16,28H,5,14-15,17H2,1-2H3/q+1. The highest BCUT2D eigenvalue weighted by Gasteiger charge is 2.25. The average molecular weight is 426 g/mol. The molecular formula is C24H26ClN2OS+. The second-order valence-electron chi connectivity index (χ2n) is 7.92. The first kappa shape index (κ1) is 20.3. The fraction of sp³-hybridized carbons (Fsp3) is 0.250. The summed E-state index contributed by atoms with van der Waals surface area (Å²) in [5.74, 6) is 0. The summed E-state index contributed by atoms with van der Waals surface area (Å²) in [7, 11) is 4.47. The molecule has 3 nitrogen and oxygen atoms in total. The van der Waals surface area contributed by atoms with Crippen LogP contribution in [0, 0.1) is 0 Å². The van der Waals surface area contributed by atoms with Gasteiger partial charge in [-0.1, -0.05) is 47.6 Å². The largest absolute Gasteiger partial charge is 0.392 e. The zero-order valence-electron chi connectivity index (χ0n) is 16.8. The van der Waals surface area contributed by atoms with E-state index in [0.29, 0.717) is 0 Å². The number of benzene rings is 3. The van der Waals surface area contributed by atoms with E-state index in [1.807, 2.05) is 30.0 Å². The summed E-state index contributed by atoms with van der Waals surface area (Å²) < 4.78 is 0.804. The lowest BCUT2D eigenvalue weighted by molar-refractivity contribution is 0.281. The Morgan fingerprint density at radius 3 is 2.41 bits per heavy atom. The van der Waals surface area contributed by atoms with Crippen LogP contribution in [0.5, 0.6) is 0 Å². The zero-order valence-corrected chi connectivity index (χ0v) is 18.4. The summed E-state index contributed by atoms with van der Waals surface area (Å²) in [5.41, 5.74) is 4.65. The summed E-state index contributed by atoms with van der Waals surface area (Å²) in [6.45, 7) is 2.03. The fourth-order valence-electron chi connectivity index (χ4n) is 3.80. The molecule has 29 heavy (non-hydrogen) atoms. The molecule has 0 aromatic heterocycles. The van der Waals surface area contributed by atoms with Gasteiger partial charge in [0.2, 0.25) is 0 Å². The predicted molar refractivity (Wildman–Crippen MR) is 125 cm³/mol. The van der Waals surface area contributed by atoms with Crippen LogP contribution in [0.25, 0.3) is 0 Å². The minimum absolute atomic E-state index is 0.0854. The zero-order chi connectivity index (χ0) is 20.4. The maximum absolute atomic E-state index is 9.27. The molecule has 0 saturated heterocycles. The Morgan fingerprint density at radius 2 is 1.66 bits per heavy atom. The van der Waals surface area contributed by atoms with E-state index in [1.165, 1.54) is 26.9 Å². The lowest BCUT2D eigenvalue weighted by Crippen LogP contribution is -2.42. The van der Waals surface area contributed by atoms with Crippen LogP contribution < -0.4 is 9.38 Å². The molecule has 1 aliphatic rings. The van der Waals surface area contributed by atoms with Gasteiger partial charge in [0.1, 0.15) is 5.69 Å². The second-order valence-corrected chi connectivity index (χ2v) is 9.44. The highest BCUT2D eigenvalue weighted by Crippen LogP contribution is 2.48. The van der Waals surface area contributed by atoms with E-state index < -0.39 is 0 Å². The van der Waals surface area contributed by atoms with Gasteiger partial charge < -0.3 is 10.0 Å². The molecule has 1 N–H and O–H groups in total. The molecule has 0 radical (unpaired) electrons. The molecule has 1 aliphatic heterocycles. The first-order chi connectivity index (χ1) is 14.0. The number of hydrogen-bond donors (Lipinski definition) is 1. The number of hydrogen-bond acceptors (Lipinski definition) is 3. The van der Waals surface area contributed by atoms with Crippen LogP contribution in [0.1, 0.15) is 12.0 Å². The SMILES string of the molecule is C[N+](C)(CCCN1c2ccccc2Sc2ccc(Cl)cc21)c1ccc(CO)cc1. The summed E-state index contributed by atoms with van der Waals surface area (Å²) in [6.07, 6.45) is 1.04. The number of halogens is 1. The third-order valence-corrected chi connectivity index (χ3v) is 6.87. The Hall–Kier alpha value is -1.98. The molecule has 0 amide bonds. The molecule has 0 fully saturated rings. The van der Waals surface area contributed by atoms with Gasteiger partial charge in [-0.15, -0.1) is 0 Å². The first-order valence-electron chi connectivity index (χ1n) is 9.85. The van der Waals surface area contributed by atoms with Crippen molar-refractivity contribution in [1.29, 1.82) is 0 Å². The summed E-state index contributed by atoms with van der Waals surface area (Å²) in [6, 6.07) is 23.0. The molecule has 0 saturated carbocycles. The van der Waals surface area contributed by atoms with Gasteiger partial charge in [-0.25, -0.2) is 0 Å². The number of aliphatic hydroxyl groups excluding tert-OH is 1. The van der Waals surface area contributed by atoms with Crippen molar-refractivity contribution >= 4 is 40.4 Å². The Balaban J connectivity index is 1.53. The smallest absolute Gasteiger partial charge is 0.132 e. The third-order valence-electron chi connectivity index (χ3n) is 5.50. The minimum Gasteiger partial charge on any atom is -0.392 e. The number of anilines is 2. The van der Waals surface area contributed by atoms with Crippen molar-refractivity contribution < 1.29 is 5.11 Å². The van der Waals surface area contributed by atoms with Gasteiger partial charge in [0.15, 0.2) is 0 Å². The molecule has 0 unspecified atom stereocenters. The van der Waals surface area contributed by atoms with E-state index in [-0.39, 0.29) is 6.61 Å². The Bertz CT molecular complexity index is 1000. The summed E-state index contributed by atoms with van der Waals surface area (Å²) in [4.78, 5) is 4.94. The quantitative estimate of drug-likeness (QED) is 0.483. The molecule has 3 aromatic rings. The van der Waals surface area contributed by atoms with E-state index in [0.717, 1.165) is 34.6 Å². The van der Waals surface area contributed by atoms with Crippen LogP contribution in [0.2, 0.25) is 5.02 Å². The normalized spacial score (nSPS) is 13.2. The lowest BCUT2D eigenvalue weighted by Gasteiger charge is -2.35. The number of fused-ring (bicyclic) bond motifs is 2. The number of nitrogens with zero attached hydrogens (tertiary/aromatic N) is 2. The molecule has 0 bridgehead atoms. The maximum atomic E-state index is 9.27. The minimum atomic E-state index is 0.0854. The number of rotatable bonds is 6. The second kappa shape index (κ2) is 8.41. The Labute approximate surface area is 182 Å². The molecule has 5 heteroatoms. The molecule has 3 aromatic carbocycles. The Kier molecular flexibility index (Phi) is 5.88. The van der Waals surface area contributed by atoms with E-state index in [4.69, 9.17) is 11.6 Å². The highest BCUT2D eigenvalue weighted by molar-refractivity contribution is 7.99. The van der Waals surface area contributed by atoms with Crippen molar-refractivity contribution in [2.75, 3.05) is 32.1 Å². The van der Waals surface area contributed by atoms with Gasteiger partial charge in [0, 0.05) is 27.8 Å². The van der Waals surface area contributed by atoms with Crippen LogP contribution in [0.4, 0.5) is 17.1 Å².